The van der Waals surface area contributed by atoms with Crippen molar-refractivity contribution in [3.63, 3.8) is 0 Å². The number of pyridine rings is 1. The molecule has 2 aromatic heterocycles. The zero-order valence-corrected chi connectivity index (χ0v) is 11.1. The molecule has 19 heavy (non-hydrogen) atoms. The van der Waals surface area contributed by atoms with Crippen LogP contribution in [0.3, 0.4) is 0 Å². The first-order chi connectivity index (χ1) is 9.29. The van der Waals surface area contributed by atoms with E-state index in [9.17, 15) is 4.79 Å². The van der Waals surface area contributed by atoms with Crippen molar-refractivity contribution in [2.45, 2.75) is 5.16 Å². The van der Waals surface area contributed by atoms with Crippen molar-refractivity contribution in [2.75, 3.05) is 12.9 Å². The molecular formula is C13H11N3O2S. The maximum atomic E-state index is 11.2. The van der Waals surface area contributed by atoms with E-state index in [1.54, 1.807) is 0 Å². The van der Waals surface area contributed by atoms with E-state index in [1.807, 2.05) is 40.8 Å². The summed E-state index contributed by atoms with van der Waals surface area (Å²) in [5.74, 6) is -0.0532. The summed E-state index contributed by atoms with van der Waals surface area (Å²) < 4.78 is 6.58. The van der Waals surface area contributed by atoms with Gasteiger partial charge in [-0.3, -0.25) is 9.20 Å². The molecule has 6 heteroatoms. The van der Waals surface area contributed by atoms with Crippen LogP contribution in [0.4, 0.5) is 0 Å². The molecule has 5 nitrogen and oxygen atoms in total. The molecule has 0 unspecified atom stereocenters. The average Bonchev–Trinajstić information content (AvgIpc) is 2.88. The lowest BCUT2D eigenvalue weighted by atomic mass is 10.2. The summed E-state index contributed by atoms with van der Waals surface area (Å²) in [6, 6.07) is 11.9. The number of rotatable bonds is 3. The Bertz CT molecular complexity index is 754. The normalized spacial score (nSPS) is 11.0. The summed E-state index contributed by atoms with van der Waals surface area (Å²) in [5.41, 5.74) is 1.79. The fourth-order valence-corrected chi connectivity index (χ4v) is 2.67. The molecular weight excluding hydrogens is 262 g/mol. The smallest absolute Gasteiger partial charge is 0.316 e. The van der Waals surface area contributed by atoms with Crippen LogP contribution >= 0.6 is 11.8 Å². The summed E-state index contributed by atoms with van der Waals surface area (Å²) in [5, 5.41) is 10.0. The van der Waals surface area contributed by atoms with E-state index in [-0.39, 0.29) is 11.7 Å². The third kappa shape index (κ3) is 2.15. The van der Waals surface area contributed by atoms with E-state index in [1.165, 1.54) is 18.9 Å². The van der Waals surface area contributed by atoms with Crippen LogP contribution in [0.15, 0.2) is 41.6 Å². The highest BCUT2D eigenvalue weighted by molar-refractivity contribution is 7.99. The second-order valence-corrected chi connectivity index (χ2v) is 4.88. The van der Waals surface area contributed by atoms with Crippen molar-refractivity contribution in [2.24, 2.45) is 0 Å². The lowest BCUT2D eigenvalue weighted by Crippen LogP contribution is -2.03. The molecule has 0 amide bonds. The van der Waals surface area contributed by atoms with Gasteiger partial charge in [0.05, 0.1) is 18.4 Å². The second kappa shape index (κ2) is 4.89. The molecule has 3 rings (SSSR count). The van der Waals surface area contributed by atoms with Gasteiger partial charge in [-0.2, -0.15) is 0 Å². The molecule has 0 atom stereocenters. The molecule has 0 saturated carbocycles. The van der Waals surface area contributed by atoms with Crippen LogP contribution in [-0.2, 0) is 9.53 Å². The number of carbonyl (C=O) groups is 1. The van der Waals surface area contributed by atoms with Gasteiger partial charge in [0, 0.05) is 0 Å². The summed E-state index contributed by atoms with van der Waals surface area (Å²) in [6.07, 6.45) is 0. The molecule has 0 N–H and O–H groups in total. The van der Waals surface area contributed by atoms with Gasteiger partial charge in [0.2, 0.25) is 0 Å². The average molecular weight is 273 g/mol. The van der Waals surface area contributed by atoms with Gasteiger partial charge in [0.15, 0.2) is 10.8 Å². The van der Waals surface area contributed by atoms with Gasteiger partial charge in [0.25, 0.3) is 0 Å². The van der Waals surface area contributed by atoms with Gasteiger partial charge in [-0.25, -0.2) is 0 Å². The van der Waals surface area contributed by atoms with Crippen molar-refractivity contribution in [3.8, 4) is 0 Å². The Balaban J connectivity index is 2.10. The van der Waals surface area contributed by atoms with E-state index in [4.69, 9.17) is 0 Å². The van der Waals surface area contributed by atoms with Gasteiger partial charge in [-0.1, -0.05) is 30.0 Å². The minimum absolute atomic E-state index is 0.223. The Hall–Kier alpha value is -2.08. The van der Waals surface area contributed by atoms with Gasteiger partial charge in [-0.15, -0.1) is 10.2 Å². The number of benzene rings is 1. The van der Waals surface area contributed by atoms with Gasteiger partial charge >= 0.3 is 5.97 Å². The molecule has 3 aromatic rings. The number of fused-ring (bicyclic) bond motifs is 3. The van der Waals surface area contributed by atoms with Crippen LogP contribution in [0.1, 0.15) is 0 Å². The monoisotopic (exact) mass is 273 g/mol. The first kappa shape index (κ1) is 12.0. The number of hydrogen-bond acceptors (Lipinski definition) is 5. The van der Waals surface area contributed by atoms with E-state index in [0.717, 1.165) is 16.6 Å². The predicted octanol–water partition coefficient (Wildman–Crippen LogP) is 2.15. The van der Waals surface area contributed by atoms with Crippen molar-refractivity contribution >= 4 is 34.3 Å². The van der Waals surface area contributed by atoms with E-state index in [2.05, 4.69) is 14.9 Å². The van der Waals surface area contributed by atoms with Crippen LogP contribution in [0, 0.1) is 0 Å². The Morgan fingerprint density at radius 2 is 2.11 bits per heavy atom. The number of nitrogens with zero attached hydrogens (tertiary/aromatic N) is 3. The van der Waals surface area contributed by atoms with Gasteiger partial charge < -0.3 is 4.74 Å². The summed E-state index contributed by atoms with van der Waals surface area (Å²) in [4.78, 5) is 11.2. The van der Waals surface area contributed by atoms with E-state index < -0.39 is 0 Å². The Labute approximate surface area is 113 Å². The van der Waals surface area contributed by atoms with Gasteiger partial charge in [0.1, 0.15) is 0 Å². The number of ether oxygens (including phenoxy) is 1. The van der Waals surface area contributed by atoms with Crippen LogP contribution in [0.2, 0.25) is 0 Å². The molecule has 0 radical (unpaired) electrons. The summed E-state index contributed by atoms with van der Waals surface area (Å²) in [7, 11) is 1.38. The molecule has 0 aliphatic rings. The summed E-state index contributed by atoms with van der Waals surface area (Å²) in [6.45, 7) is 0. The molecule has 0 fully saturated rings. The third-order valence-corrected chi connectivity index (χ3v) is 3.70. The molecule has 0 saturated heterocycles. The quantitative estimate of drug-likeness (QED) is 0.540. The molecule has 0 aliphatic carbocycles. The first-order valence-corrected chi connectivity index (χ1v) is 6.70. The van der Waals surface area contributed by atoms with Crippen LogP contribution in [0.25, 0.3) is 16.6 Å². The Morgan fingerprint density at radius 3 is 2.95 bits per heavy atom. The highest BCUT2D eigenvalue weighted by atomic mass is 32.2. The highest BCUT2D eigenvalue weighted by Gasteiger charge is 2.11. The summed E-state index contributed by atoms with van der Waals surface area (Å²) >= 11 is 1.32. The molecule has 96 valence electrons. The largest absolute Gasteiger partial charge is 0.468 e. The molecule has 0 spiro atoms. The van der Waals surface area contributed by atoms with Crippen molar-refractivity contribution in [1.82, 2.24) is 14.6 Å². The first-order valence-electron chi connectivity index (χ1n) is 5.72. The molecule has 1 aromatic carbocycles. The predicted molar refractivity (Wildman–Crippen MR) is 73.2 cm³/mol. The highest BCUT2D eigenvalue weighted by Crippen LogP contribution is 2.22. The lowest BCUT2D eigenvalue weighted by molar-refractivity contribution is -0.137. The van der Waals surface area contributed by atoms with Crippen LogP contribution in [-0.4, -0.2) is 33.4 Å². The molecule has 0 bridgehead atoms. The molecule has 2 heterocycles. The number of thioether (sulfide) groups is 1. The number of para-hydroxylation sites is 1. The zero-order chi connectivity index (χ0) is 13.2. The minimum Gasteiger partial charge on any atom is -0.468 e. The standard InChI is InChI=1S/C13H11N3O2S/c1-18-12(17)8-19-13-15-14-11-7-6-9-4-2-3-5-10(9)16(11)13/h2-7H,8H2,1H3. The Morgan fingerprint density at radius 1 is 1.26 bits per heavy atom. The van der Waals surface area contributed by atoms with Crippen molar-refractivity contribution in [3.05, 3.63) is 36.4 Å². The third-order valence-electron chi connectivity index (χ3n) is 2.79. The van der Waals surface area contributed by atoms with E-state index >= 15 is 0 Å². The fraction of sp³-hybridized carbons (Fsp3) is 0.154. The zero-order valence-electron chi connectivity index (χ0n) is 10.2. The topological polar surface area (TPSA) is 56.5 Å². The fourth-order valence-electron chi connectivity index (χ4n) is 1.89. The Kier molecular flexibility index (Phi) is 3.08. The SMILES string of the molecule is COC(=O)CSc1nnc2ccc3ccccc3n12. The minimum atomic E-state index is -0.276. The number of carbonyl (C=O) groups excluding carboxylic acids is 1. The number of methoxy groups -OCH3 is 1. The maximum absolute atomic E-state index is 11.2. The lowest BCUT2D eigenvalue weighted by Gasteiger charge is -2.03. The number of aromatic nitrogens is 3. The molecule has 0 aliphatic heterocycles. The second-order valence-electron chi connectivity index (χ2n) is 3.93. The van der Waals surface area contributed by atoms with Crippen LogP contribution < -0.4 is 0 Å². The van der Waals surface area contributed by atoms with E-state index in [0.29, 0.717) is 5.16 Å². The van der Waals surface area contributed by atoms with Crippen molar-refractivity contribution < 1.29 is 9.53 Å². The van der Waals surface area contributed by atoms with Gasteiger partial charge in [-0.05, 0) is 23.6 Å². The number of esters is 1. The van der Waals surface area contributed by atoms with Crippen LogP contribution in [0.5, 0.6) is 0 Å². The number of hydrogen-bond donors (Lipinski definition) is 0. The van der Waals surface area contributed by atoms with Crippen molar-refractivity contribution in [1.29, 1.82) is 0 Å². The maximum Gasteiger partial charge on any atom is 0.316 e.